The van der Waals surface area contributed by atoms with Crippen LogP contribution >= 0.6 is 0 Å². The monoisotopic (exact) mass is 541 g/mol. The molecule has 1 atom stereocenters. The number of hydrogen-bond acceptors (Lipinski definition) is 5. The number of carbonyl (C=O) groups excluding carboxylic acids is 1. The quantitative estimate of drug-likeness (QED) is 0.128. The largest absolute Gasteiger partial charge is 0.506 e. The molecular weight excluding hydrogens is 510 g/mol. The maximum Gasteiger partial charge on any atom is 0.416 e. The third-order valence-corrected chi connectivity index (χ3v) is 7.08. The summed E-state index contributed by atoms with van der Waals surface area (Å²) in [4.78, 5) is 16.3. The van der Waals surface area contributed by atoms with Crippen molar-refractivity contribution >= 4 is 17.2 Å². The number of alkyl halides is 3. The number of benzene rings is 3. The fourth-order valence-electron chi connectivity index (χ4n) is 4.94. The molecule has 1 aliphatic rings. The van der Waals surface area contributed by atoms with Crippen molar-refractivity contribution in [1.82, 2.24) is 4.90 Å². The van der Waals surface area contributed by atoms with Crippen molar-refractivity contribution in [3.8, 4) is 5.75 Å². The van der Waals surface area contributed by atoms with Gasteiger partial charge in [-0.1, -0.05) is 43.0 Å². The maximum atomic E-state index is 13.7. The number of phenols is 1. The van der Waals surface area contributed by atoms with E-state index >= 15 is 0 Å². The van der Waals surface area contributed by atoms with Crippen LogP contribution in [0.1, 0.15) is 47.2 Å². The van der Waals surface area contributed by atoms with E-state index in [0.29, 0.717) is 56.1 Å². The van der Waals surface area contributed by atoms with Gasteiger partial charge in [0.25, 0.3) is 0 Å². The minimum absolute atomic E-state index is 0.0665. The number of likely N-dealkylation sites (tertiary alicyclic amines) is 1. The van der Waals surface area contributed by atoms with Crippen LogP contribution < -0.4 is 10.6 Å². The molecule has 0 unspecified atom stereocenters. The highest BCUT2D eigenvalue weighted by atomic mass is 19.4. The van der Waals surface area contributed by atoms with E-state index in [9.17, 15) is 27.5 Å². The van der Waals surface area contributed by atoms with Crippen LogP contribution in [0.15, 0.2) is 79.0 Å². The second-order valence-corrected chi connectivity index (χ2v) is 9.77. The number of aromatic hydroxyl groups is 1. The van der Waals surface area contributed by atoms with Gasteiger partial charge in [-0.05, 0) is 49.1 Å². The molecule has 3 aromatic rings. The van der Waals surface area contributed by atoms with Crippen LogP contribution in [-0.4, -0.2) is 34.9 Å². The first-order valence-corrected chi connectivity index (χ1v) is 12.7. The molecule has 0 radical (unpaired) electrons. The number of halogens is 4. The molecule has 5 nitrogen and oxygen atoms in total. The van der Waals surface area contributed by atoms with Crippen LogP contribution in [0.4, 0.5) is 28.9 Å². The number of nitrogen functional groups attached to an aromatic ring is 1. The maximum absolute atomic E-state index is 13.7. The van der Waals surface area contributed by atoms with E-state index in [2.05, 4.69) is 11.5 Å². The molecule has 1 fully saturated rings. The van der Waals surface area contributed by atoms with Gasteiger partial charge in [0.05, 0.1) is 11.3 Å². The number of allylic oxidation sites excluding steroid dienone is 1. The number of rotatable bonds is 10. The van der Waals surface area contributed by atoms with Gasteiger partial charge in [-0.25, -0.2) is 4.39 Å². The highest BCUT2D eigenvalue weighted by Crippen LogP contribution is 2.36. The number of anilines is 2. The number of nitrogens with zero attached hydrogens (tertiary/aromatic N) is 2. The number of ketones is 1. The summed E-state index contributed by atoms with van der Waals surface area (Å²) < 4.78 is 55.0. The number of nitrogens with two attached hydrogens (primary N) is 1. The Kier molecular flexibility index (Phi) is 8.47. The molecule has 1 aliphatic heterocycles. The van der Waals surface area contributed by atoms with Crippen molar-refractivity contribution in [3.05, 3.63) is 102 Å². The second-order valence-electron chi connectivity index (χ2n) is 9.77. The first-order chi connectivity index (χ1) is 18.5. The van der Waals surface area contributed by atoms with Crippen LogP contribution in [0.3, 0.4) is 0 Å². The second kappa shape index (κ2) is 11.8. The Morgan fingerprint density at radius 1 is 1.08 bits per heavy atom. The van der Waals surface area contributed by atoms with Gasteiger partial charge in [0, 0.05) is 55.1 Å². The topological polar surface area (TPSA) is 69.8 Å². The Labute approximate surface area is 225 Å². The molecular formula is C30H31F4N3O2. The molecule has 0 aliphatic carbocycles. The molecule has 9 heteroatoms. The van der Waals surface area contributed by atoms with Crippen molar-refractivity contribution in [3.63, 3.8) is 0 Å². The Balaban J connectivity index is 1.48. The first kappa shape index (κ1) is 28.0. The average molecular weight is 542 g/mol. The van der Waals surface area contributed by atoms with Gasteiger partial charge in [0.2, 0.25) is 0 Å². The van der Waals surface area contributed by atoms with E-state index in [1.807, 2.05) is 18.2 Å². The van der Waals surface area contributed by atoms with E-state index in [-0.39, 0.29) is 35.4 Å². The fraction of sp³-hybridized carbons (Fsp3) is 0.300. The summed E-state index contributed by atoms with van der Waals surface area (Å²) in [6.45, 7) is 5.19. The number of carbonyl (C=O) groups is 1. The van der Waals surface area contributed by atoms with Gasteiger partial charge in [-0.2, -0.15) is 13.2 Å². The summed E-state index contributed by atoms with van der Waals surface area (Å²) in [5.41, 5.74) is 6.84. The molecule has 0 amide bonds. The fourth-order valence-corrected chi connectivity index (χ4v) is 4.94. The minimum atomic E-state index is -4.72. The van der Waals surface area contributed by atoms with Gasteiger partial charge in [-0.3, -0.25) is 4.79 Å². The van der Waals surface area contributed by atoms with Gasteiger partial charge in [-0.15, -0.1) is 0 Å². The van der Waals surface area contributed by atoms with E-state index < -0.39 is 17.6 Å². The standard InChI is InChI=1S/C30H31F4N3O2/c1-20(6-5-9-28(38)21-7-3-2-4-8-21)36-15-14-25(19-36)37(24-12-13-27(35)29(39)17-24)18-22-10-11-23(31)16-26(22)30(32,33)34/h2-4,7-8,10-13,16-17,25,39H,1,5-6,9,14-15,18-19,35H2/t25-/m0/s1. The Morgan fingerprint density at radius 2 is 1.82 bits per heavy atom. The summed E-state index contributed by atoms with van der Waals surface area (Å²) in [7, 11) is 0. The van der Waals surface area contributed by atoms with Gasteiger partial charge in [0.15, 0.2) is 5.78 Å². The van der Waals surface area contributed by atoms with E-state index in [1.54, 1.807) is 23.1 Å². The number of phenolic OH excluding ortho intramolecular Hbond substituents is 1. The Bertz CT molecular complexity index is 1330. The van der Waals surface area contributed by atoms with Crippen molar-refractivity contribution in [1.29, 1.82) is 0 Å². The third-order valence-electron chi connectivity index (χ3n) is 7.08. The average Bonchev–Trinajstić information content (AvgIpc) is 3.39. The van der Waals surface area contributed by atoms with Crippen molar-refractivity contribution < 1.29 is 27.5 Å². The molecule has 0 aromatic heterocycles. The smallest absolute Gasteiger partial charge is 0.416 e. The van der Waals surface area contributed by atoms with Crippen LogP contribution in [-0.2, 0) is 12.7 Å². The summed E-state index contributed by atoms with van der Waals surface area (Å²) in [5.74, 6) is -1.07. The van der Waals surface area contributed by atoms with Crippen LogP contribution in [0.5, 0.6) is 5.75 Å². The summed E-state index contributed by atoms with van der Waals surface area (Å²) >= 11 is 0. The highest BCUT2D eigenvalue weighted by Gasteiger charge is 2.36. The van der Waals surface area contributed by atoms with E-state index in [1.165, 1.54) is 12.1 Å². The molecule has 1 heterocycles. The molecule has 0 spiro atoms. The zero-order valence-electron chi connectivity index (χ0n) is 21.4. The molecule has 206 valence electrons. The zero-order chi connectivity index (χ0) is 28.2. The predicted molar refractivity (Wildman–Crippen MR) is 144 cm³/mol. The lowest BCUT2D eigenvalue weighted by atomic mass is 10.0. The van der Waals surface area contributed by atoms with Crippen molar-refractivity contribution in [2.45, 2.75) is 44.4 Å². The van der Waals surface area contributed by atoms with Crippen molar-refractivity contribution in [2.75, 3.05) is 23.7 Å². The minimum Gasteiger partial charge on any atom is -0.506 e. The lowest BCUT2D eigenvalue weighted by molar-refractivity contribution is -0.138. The normalized spacial score (nSPS) is 15.4. The first-order valence-electron chi connectivity index (χ1n) is 12.7. The molecule has 39 heavy (non-hydrogen) atoms. The summed E-state index contributed by atoms with van der Waals surface area (Å²) in [6.07, 6.45) is -2.45. The van der Waals surface area contributed by atoms with Gasteiger partial charge < -0.3 is 20.6 Å². The highest BCUT2D eigenvalue weighted by molar-refractivity contribution is 5.95. The van der Waals surface area contributed by atoms with E-state index in [0.717, 1.165) is 17.8 Å². The molecule has 1 saturated heterocycles. The lowest BCUT2D eigenvalue weighted by Gasteiger charge is -2.33. The van der Waals surface area contributed by atoms with Crippen molar-refractivity contribution in [2.24, 2.45) is 0 Å². The Morgan fingerprint density at radius 3 is 2.51 bits per heavy atom. The molecule has 3 N–H and O–H groups in total. The number of Topliss-reactive ketones (excluding diaryl/α,β-unsaturated/α-hetero) is 1. The number of hydrogen-bond donors (Lipinski definition) is 2. The van der Waals surface area contributed by atoms with E-state index in [4.69, 9.17) is 5.73 Å². The van der Waals surface area contributed by atoms with Crippen LogP contribution in [0.25, 0.3) is 0 Å². The zero-order valence-corrected chi connectivity index (χ0v) is 21.4. The predicted octanol–water partition coefficient (Wildman–Crippen LogP) is 6.78. The Hall–Kier alpha value is -4.01. The third kappa shape index (κ3) is 6.90. The molecule has 0 saturated carbocycles. The molecule has 3 aromatic carbocycles. The van der Waals surface area contributed by atoms with Gasteiger partial charge >= 0.3 is 6.18 Å². The molecule has 0 bridgehead atoms. The molecule has 4 rings (SSSR count). The summed E-state index contributed by atoms with van der Waals surface area (Å²) in [6, 6.07) is 16.1. The van der Waals surface area contributed by atoms with Crippen LogP contribution in [0.2, 0.25) is 0 Å². The van der Waals surface area contributed by atoms with Crippen LogP contribution in [0, 0.1) is 5.82 Å². The van der Waals surface area contributed by atoms with Gasteiger partial charge in [0.1, 0.15) is 11.6 Å². The SMILES string of the molecule is C=C(CCCC(=O)c1ccccc1)N1CC[C@H](N(Cc2ccc(F)cc2C(F)(F)F)c2ccc(N)c(O)c2)C1. The summed E-state index contributed by atoms with van der Waals surface area (Å²) in [5, 5.41) is 10.2. The lowest BCUT2D eigenvalue weighted by Crippen LogP contribution is -2.37.